The highest BCUT2D eigenvalue weighted by Gasteiger charge is 2.11. The fourth-order valence-electron chi connectivity index (χ4n) is 2.18. The van der Waals surface area contributed by atoms with Gasteiger partial charge < -0.3 is 9.47 Å². The van der Waals surface area contributed by atoms with E-state index in [0.717, 1.165) is 10.4 Å². The highest BCUT2D eigenvalue weighted by Crippen LogP contribution is 2.30. The lowest BCUT2D eigenvalue weighted by molar-refractivity contribution is 0.310. The first-order valence-electron chi connectivity index (χ1n) is 7.30. The van der Waals surface area contributed by atoms with E-state index in [1.54, 1.807) is 29.3 Å². The molecule has 0 aliphatic heterocycles. The summed E-state index contributed by atoms with van der Waals surface area (Å²) in [4.78, 5) is 0.982. The second-order valence-corrected chi connectivity index (χ2v) is 6.03. The molecule has 6 nitrogen and oxygen atoms in total. The lowest BCUT2D eigenvalue weighted by Gasteiger charge is -2.11. The molecule has 0 atom stereocenters. The summed E-state index contributed by atoms with van der Waals surface area (Å²) in [6.45, 7) is 2.46. The van der Waals surface area contributed by atoms with Crippen LogP contribution >= 0.6 is 23.6 Å². The van der Waals surface area contributed by atoms with Gasteiger partial charge in [-0.1, -0.05) is 12.1 Å². The van der Waals surface area contributed by atoms with Crippen LogP contribution in [-0.2, 0) is 0 Å². The zero-order valence-electron chi connectivity index (χ0n) is 13.2. The van der Waals surface area contributed by atoms with Crippen LogP contribution in [0.15, 0.2) is 40.8 Å². The van der Waals surface area contributed by atoms with Gasteiger partial charge in [0.2, 0.25) is 4.77 Å². The molecular weight excluding hydrogens is 344 g/mol. The number of hydrogen-bond donors (Lipinski definition) is 1. The van der Waals surface area contributed by atoms with Crippen molar-refractivity contribution in [3.05, 3.63) is 46.0 Å². The second kappa shape index (κ2) is 7.41. The van der Waals surface area contributed by atoms with E-state index in [9.17, 15) is 0 Å². The molecule has 0 fully saturated rings. The van der Waals surface area contributed by atoms with Crippen LogP contribution in [0.2, 0.25) is 0 Å². The van der Waals surface area contributed by atoms with Crippen molar-refractivity contribution >= 4 is 29.8 Å². The maximum absolute atomic E-state index is 5.69. The zero-order chi connectivity index (χ0) is 16.9. The Morgan fingerprint density at radius 1 is 1.38 bits per heavy atom. The van der Waals surface area contributed by atoms with Gasteiger partial charge in [0.25, 0.3) is 0 Å². The number of aromatic amines is 1. The van der Waals surface area contributed by atoms with Crippen LogP contribution in [0, 0.1) is 4.77 Å². The monoisotopic (exact) mass is 360 g/mol. The summed E-state index contributed by atoms with van der Waals surface area (Å²) in [5.74, 6) is 1.99. The summed E-state index contributed by atoms with van der Waals surface area (Å²) in [6.07, 6.45) is 1.69. The van der Waals surface area contributed by atoms with Gasteiger partial charge in [-0.05, 0) is 42.7 Å². The first-order chi connectivity index (χ1) is 11.7. The van der Waals surface area contributed by atoms with Crippen molar-refractivity contribution in [3.8, 4) is 22.2 Å². The zero-order valence-corrected chi connectivity index (χ0v) is 14.9. The van der Waals surface area contributed by atoms with E-state index in [-0.39, 0.29) is 0 Å². The molecule has 0 aliphatic rings. The third-order valence-electron chi connectivity index (χ3n) is 3.22. The number of para-hydroxylation sites is 1. The Morgan fingerprint density at radius 2 is 2.25 bits per heavy atom. The standard InChI is InChI=1S/C16H16N4O2S2/c1-3-22-14-11(6-4-7-12(14)21-2)10-17-20-15(18-19-16(20)23)13-8-5-9-24-13/h4-10H,3H2,1-2H3,(H,19,23)/b17-10-. The minimum atomic E-state index is 0.426. The number of rotatable bonds is 6. The van der Waals surface area contributed by atoms with Crippen LogP contribution in [0.3, 0.4) is 0 Å². The Labute approximate surface area is 148 Å². The molecule has 8 heteroatoms. The van der Waals surface area contributed by atoms with Gasteiger partial charge in [0.1, 0.15) is 0 Å². The Hall–Kier alpha value is -2.45. The fraction of sp³-hybridized carbons (Fsp3) is 0.188. The number of H-pyrrole nitrogens is 1. The minimum absolute atomic E-state index is 0.426. The van der Waals surface area contributed by atoms with Gasteiger partial charge in [0.15, 0.2) is 17.3 Å². The summed E-state index contributed by atoms with van der Waals surface area (Å²) in [5, 5.41) is 13.5. The molecule has 124 valence electrons. The average molecular weight is 360 g/mol. The first kappa shape index (κ1) is 16.4. The van der Waals surface area contributed by atoms with Crippen LogP contribution in [0.1, 0.15) is 12.5 Å². The third kappa shape index (κ3) is 3.24. The number of ether oxygens (including phenoxy) is 2. The number of benzene rings is 1. The van der Waals surface area contributed by atoms with Crippen LogP contribution < -0.4 is 9.47 Å². The first-order valence-corrected chi connectivity index (χ1v) is 8.58. The molecular formula is C16H16N4O2S2. The summed E-state index contributed by atoms with van der Waals surface area (Å²) in [7, 11) is 1.61. The Kier molecular flexibility index (Phi) is 5.07. The van der Waals surface area contributed by atoms with Gasteiger partial charge in [-0.25, -0.2) is 5.10 Å². The predicted molar refractivity (Wildman–Crippen MR) is 97.9 cm³/mol. The van der Waals surface area contributed by atoms with Crippen molar-refractivity contribution in [2.45, 2.75) is 6.92 Å². The van der Waals surface area contributed by atoms with Gasteiger partial charge in [-0.15, -0.1) is 11.3 Å². The van der Waals surface area contributed by atoms with Gasteiger partial charge in [-0.3, -0.25) is 0 Å². The van der Waals surface area contributed by atoms with E-state index in [1.807, 2.05) is 42.6 Å². The number of hydrogen-bond acceptors (Lipinski definition) is 6. The molecule has 0 radical (unpaired) electrons. The van der Waals surface area contributed by atoms with Crippen LogP contribution in [0.4, 0.5) is 0 Å². The summed E-state index contributed by atoms with van der Waals surface area (Å²) in [6, 6.07) is 9.58. The number of nitrogens with one attached hydrogen (secondary N) is 1. The average Bonchev–Trinajstić information content (AvgIpc) is 3.24. The molecule has 1 N–H and O–H groups in total. The SMILES string of the molecule is CCOc1c(/C=N\n2c(-c3cccs3)n[nH]c2=S)cccc1OC. The number of aromatic nitrogens is 3. The Bertz CT molecular complexity index is 897. The largest absolute Gasteiger partial charge is 0.493 e. The van der Waals surface area contributed by atoms with Crippen LogP contribution in [0.5, 0.6) is 11.5 Å². The highest BCUT2D eigenvalue weighted by molar-refractivity contribution is 7.71. The maximum Gasteiger partial charge on any atom is 0.216 e. The number of thiophene rings is 1. The molecule has 0 unspecified atom stereocenters. The Balaban J connectivity index is 2.01. The Morgan fingerprint density at radius 3 is 2.96 bits per heavy atom. The molecule has 0 bridgehead atoms. The van der Waals surface area contributed by atoms with E-state index in [4.69, 9.17) is 21.7 Å². The van der Waals surface area contributed by atoms with Crippen molar-refractivity contribution in [2.24, 2.45) is 5.10 Å². The topological polar surface area (TPSA) is 64.4 Å². The van der Waals surface area contributed by atoms with E-state index < -0.39 is 0 Å². The summed E-state index contributed by atoms with van der Waals surface area (Å²) in [5.41, 5.74) is 0.802. The van der Waals surface area contributed by atoms with E-state index in [2.05, 4.69) is 15.3 Å². The molecule has 0 saturated heterocycles. The summed E-state index contributed by atoms with van der Waals surface area (Å²) >= 11 is 6.85. The van der Waals surface area contributed by atoms with Gasteiger partial charge in [0.05, 0.1) is 24.8 Å². The van der Waals surface area contributed by atoms with Crippen molar-refractivity contribution in [3.63, 3.8) is 0 Å². The maximum atomic E-state index is 5.69. The third-order valence-corrected chi connectivity index (χ3v) is 4.35. The van der Waals surface area contributed by atoms with Crippen LogP contribution in [-0.4, -0.2) is 34.8 Å². The van der Waals surface area contributed by atoms with Crippen LogP contribution in [0.25, 0.3) is 10.7 Å². The van der Waals surface area contributed by atoms with Crippen molar-refractivity contribution in [2.75, 3.05) is 13.7 Å². The molecule has 2 aromatic heterocycles. The molecule has 2 heterocycles. The summed E-state index contributed by atoms with van der Waals surface area (Å²) < 4.78 is 13.1. The van der Waals surface area contributed by atoms with Gasteiger partial charge in [0, 0.05) is 5.56 Å². The molecule has 1 aromatic carbocycles. The number of nitrogens with zero attached hydrogens (tertiary/aromatic N) is 3. The van der Waals surface area contributed by atoms with Crippen molar-refractivity contribution in [1.82, 2.24) is 14.9 Å². The molecule has 0 spiro atoms. The van der Waals surface area contributed by atoms with Gasteiger partial charge >= 0.3 is 0 Å². The van der Waals surface area contributed by atoms with Crippen molar-refractivity contribution in [1.29, 1.82) is 0 Å². The molecule has 0 aliphatic carbocycles. The molecule has 24 heavy (non-hydrogen) atoms. The molecule has 3 aromatic rings. The smallest absolute Gasteiger partial charge is 0.216 e. The van der Waals surface area contributed by atoms with Gasteiger partial charge in [-0.2, -0.15) is 14.9 Å². The molecule has 0 amide bonds. The number of methoxy groups -OCH3 is 1. The highest BCUT2D eigenvalue weighted by atomic mass is 32.1. The predicted octanol–water partition coefficient (Wildman–Crippen LogP) is 3.96. The quantitative estimate of drug-likeness (QED) is 0.534. The molecule has 3 rings (SSSR count). The minimum Gasteiger partial charge on any atom is -0.493 e. The second-order valence-electron chi connectivity index (χ2n) is 4.70. The van der Waals surface area contributed by atoms with E-state index >= 15 is 0 Å². The normalized spacial score (nSPS) is 11.1. The fourth-order valence-corrected chi connectivity index (χ4v) is 3.06. The van der Waals surface area contributed by atoms with E-state index in [0.29, 0.717) is 28.7 Å². The lowest BCUT2D eigenvalue weighted by Crippen LogP contribution is -2.00. The van der Waals surface area contributed by atoms with E-state index in [1.165, 1.54) is 0 Å². The molecule has 0 saturated carbocycles. The lowest BCUT2D eigenvalue weighted by atomic mass is 10.2. The van der Waals surface area contributed by atoms with Crippen molar-refractivity contribution < 1.29 is 9.47 Å².